The van der Waals surface area contributed by atoms with Crippen molar-refractivity contribution in [2.45, 2.75) is 32.4 Å². The first-order valence-corrected chi connectivity index (χ1v) is 6.52. The number of hydrogen-bond donors (Lipinski definition) is 1. The largest absolute Gasteiger partial charge is 0.353 e. The molecule has 1 aliphatic carbocycles. The van der Waals surface area contributed by atoms with Gasteiger partial charge in [0.25, 0.3) is 0 Å². The Morgan fingerprint density at radius 3 is 3.12 bits per heavy atom. The van der Waals surface area contributed by atoms with Crippen LogP contribution in [0.15, 0.2) is 23.7 Å². The summed E-state index contributed by atoms with van der Waals surface area (Å²) < 4.78 is 2.21. The maximum absolute atomic E-state index is 4.53. The number of hydrogen-bond acceptors (Lipinski definition) is 3. The average Bonchev–Trinajstić information content (AvgIpc) is 2.79. The van der Waals surface area contributed by atoms with Gasteiger partial charge in [-0.05, 0) is 31.2 Å². The smallest absolute Gasteiger partial charge is 0.203 e. The quantitative estimate of drug-likeness (QED) is 0.880. The number of nitrogens with zero attached hydrogens (tertiary/aromatic N) is 2. The zero-order chi connectivity index (χ0) is 11.0. The third-order valence-electron chi connectivity index (χ3n) is 2.71. The van der Waals surface area contributed by atoms with Gasteiger partial charge >= 0.3 is 0 Å². The minimum Gasteiger partial charge on any atom is -0.353 e. The van der Waals surface area contributed by atoms with Crippen molar-refractivity contribution in [1.29, 1.82) is 0 Å². The van der Waals surface area contributed by atoms with Crippen LogP contribution in [0.25, 0.3) is 0 Å². The van der Waals surface area contributed by atoms with Crippen LogP contribution >= 0.6 is 11.3 Å². The van der Waals surface area contributed by atoms with Crippen molar-refractivity contribution in [3.8, 4) is 0 Å². The zero-order valence-corrected chi connectivity index (χ0v) is 10.1. The second-order valence-electron chi connectivity index (χ2n) is 4.33. The van der Waals surface area contributed by atoms with Crippen LogP contribution in [-0.2, 0) is 6.54 Å². The zero-order valence-electron chi connectivity index (χ0n) is 9.31. The molecule has 1 aliphatic rings. The van der Waals surface area contributed by atoms with Crippen LogP contribution in [0.1, 0.15) is 23.4 Å². The van der Waals surface area contributed by atoms with E-state index >= 15 is 0 Å². The van der Waals surface area contributed by atoms with Crippen LogP contribution in [0.3, 0.4) is 0 Å². The highest BCUT2D eigenvalue weighted by molar-refractivity contribution is 7.09. The maximum atomic E-state index is 4.53. The van der Waals surface area contributed by atoms with Crippen molar-refractivity contribution in [3.63, 3.8) is 0 Å². The Balaban J connectivity index is 1.81. The van der Waals surface area contributed by atoms with E-state index in [4.69, 9.17) is 0 Å². The third kappa shape index (κ3) is 2.11. The van der Waals surface area contributed by atoms with Crippen LogP contribution in [0.5, 0.6) is 0 Å². The Hall–Kier alpha value is -1.29. The summed E-state index contributed by atoms with van der Waals surface area (Å²) >= 11 is 1.79. The first-order chi connectivity index (χ1) is 7.81. The van der Waals surface area contributed by atoms with Gasteiger partial charge in [0.05, 0.1) is 12.2 Å². The van der Waals surface area contributed by atoms with Crippen molar-refractivity contribution < 1.29 is 0 Å². The second kappa shape index (κ2) is 3.94. The van der Waals surface area contributed by atoms with Gasteiger partial charge in [0.2, 0.25) is 5.95 Å². The van der Waals surface area contributed by atoms with Crippen LogP contribution < -0.4 is 5.32 Å². The van der Waals surface area contributed by atoms with E-state index in [0.717, 1.165) is 18.2 Å². The van der Waals surface area contributed by atoms with Crippen molar-refractivity contribution >= 4 is 17.3 Å². The lowest BCUT2D eigenvalue weighted by Crippen LogP contribution is -2.09. The summed E-state index contributed by atoms with van der Waals surface area (Å²) in [6, 6.07) is 4.92. The fourth-order valence-corrected chi connectivity index (χ4v) is 2.47. The highest BCUT2D eigenvalue weighted by Gasteiger charge is 2.22. The van der Waals surface area contributed by atoms with Gasteiger partial charge in [-0.2, -0.15) is 0 Å². The highest BCUT2D eigenvalue weighted by Crippen LogP contribution is 2.25. The first-order valence-electron chi connectivity index (χ1n) is 5.64. The Morgan fingerprint density at radius 2 is 2.44 bits per heavy atom. The summed E-state index contributed by atoms with van der Waals surface area (Å²) in [7, 11) is 0. The number of aromatic nitrogens is 2. The molecule has 0 atom stereocenters. The maximum Gasteiger partial charge on any atom is 0.203 e. The standard InChI is InChI=1S/C12H15N3S/c1-9-7-15(8-11-3-2-6-16-11)12(13-9)14-10-4-5-10/h2-3,6-7,10H,4-5,8H2,1H3,(H,13,14). The SMILES string of the molecule is Cc1cn(Cc2cccs2)c(NC2CC2)n1. The normalized spacial score (nSPS) is 15.3. The molecule has 0 bridgehead atoms. The molecule has 2 aromatic heterocycles. The van der Waals surface area contributed by atoms with Crippen LogP contribution in [0.4, 0.5) is 5.95 Å². The predicted molar refractivity (Wildman–Crippen MR) is 67.0 cm³/mol. The Labute approximate surface area is 99.1 Å². The van der Waals surface area contributed by atoms with E-state index in [1.54, 1.807) is 11.3 Å². The highest BCUT2D eigenvalue weighted by atomic mass is 32.1. The molecule has 2 heterocycles. The van der Waals surface area contributed by atoms with E-state index < -0.39 is 0 Å². The molecule has 0 aromatic carbocycles. The molecule has 3 rings (SSSR count). The van der Waals surface area contributed by atoms with E-state index in [0.29, 0.717) is 6.04 Å². The molecule has 1 N–H and O–H groups in total. The van der Waals surface area contributed by atoms with Crippen molar-refractivity contribution in [3.05, 3.63) is 34.3 Å². The monoisotopic (exact) mass is 233 g/mol. The molecule has 0 unspecified atom stereocenters. The number of rotatable bonds is 4. The molecule has 84 valence electrons. The molecule has 0 aliphatic heterocycles. The molecule has 2 aromatic rings. The van der Waals surface area contributed by atoms with Gasteiger partial charge in [-0.1, -0.05) is 6.07 Å². The molecule has 3 nitrogen and oxygen atoms in total. The fourth-order valence-electron chi connectivity index (χ4n) is 1.76. The van der Waals surface area contributed by atoms with E-state index in [-0.39, 0.29) is 0 Å². The summed E-state index contributed by atoms with van der Waals surface area (Å²) in [6.45, 7) is 2.97. The third-order valence-corrected chi connectivity index (χ3v) is 3.57. The van der Waals surface area contributed by atoms with E-state index in [9.17, 15) is 0 Å². The lowest BCUT2D eigenvalue weighted by molar-refractivity contribution is 0.808. The number of nitrogens with one attached hydrogen (secondary N) is 1. The molecule has 0 radical (unpaired) electrons. The lowest BCUT2D eigenvalue weighted by atomic mass is 10.4. The summed E-state index contributed by atoms with van der Waals surface area (Å²) in [5.41, 5.74) is 1.08. The van der Waals surface area contributed by atoms with Crippen molar-refractivity contribution in [2.75, 3.05) is 5.32 Å². The number of aryl methyl sites for hydroxylation is 1. The van der Waals surface area contributed by atoms with Gasteiger partial charge < -0.3 is 9.88 Å². The van der Waals surface area contributed by atoms with Crippen molar-refractivity contribution in [2.24, 2.45) is 0 Å². The molecule has 16 heavy (non-hydrogen) atoms. The molecule has 0 saturated heterocycles. The second-order valence-corrected chi connectivity index (χ2v) is 5.36. The predicted octanol–water partition coefficient (Wildman–Crippen LogP) is 2.88. The van der Waals surface area contributed by atoms with Crippen LogP contribution in [0.2, 0.25) is 0 Å². The van der Waals surface area contributed by atoms with Crippen molar-refractivity contribution in [1.82, 2.24) is 9.55 Å². The summed E-state index contributed by atoms with van der Waals surface area (Å²) in [4.78, 5) is 5.90. The van der Waals surface area contributed by atoms with Gasteiger partial charge in [0.1, 0.15) is 0 Å². The number of imidazole rings is 1. The minimum absolute atomic E-state index is 0.656. The van der Waals surface area contributed by atoms with Gasteiger partial charge in [-0.3, -0.25) is 0 Å². The summed E-state index contributed by atoms with van der Waals surface area (Å²) in [5, 5.41) is 5.59. The first kappa shape index (κ1) is 9.90. The van der Waals surface area contributed by atoms with E-state index in [1.807, 2.05) is 6.92 Å². The van der Waals surface area contributed by atoms with Crippen LogP contribution in [-0.4, -0.2) is 15.6 Å². The van der Waals surface area contributed by atoms with Crippen LogP contribution in [0, 0.1) is 6.92 Å². The molecule has 0 amide bonds. The molecule has 0 spiro atoms. The number of anilines is 1. The fraction of sp³-hybridized carbons (Fsp3) is 0.417. The molecule has 1 saturated carbocycles. The van der Waals surface area contributed by atoms with Gasteiger partial charge in [0.15, 0.2) is 0 Å². The molecule has 4 heteroatoms. The molecular weight excluding hydrogens is 218 g/mol. The van der Waals surface area contributed by atoms with Gasteiger partial charge in [-0.25, -0.2) is 4.98 Å². The summed E-state index contributed by atoms with van der Waals surface area (Å²) in [5.74, 6) is 1.02. The topological polar surface area (TPSA) is 29.9 Å². The molecule has 1 fully saturated rings. The number of thiophene rings is 1. The molecular formula is C12H15N3S. The Bertz CT molecular complexity index is 468. The van der Waals surface area contributed by atoms with Gasteiger partial charge in [-0.15, -0.1) is 11.3 Å². The van der Waals surface area contributed by atoms with E-state index in [2.05, 4.69) is 38.6 Å². The Morgan fingerprint density at radius 1 is 1.56 bits per heavy atom. The average molecular weight is 233 g/mol. The van der Waals surface area contributed by atoms with E-state index in [1.165, 1.54) is 17.7 Å². The minimum atomic E-state index is 0.656. The Kier molecular flexibility index (Phi) is 2.44. The lowest BCUT2D eigenvalue weighted by Gasteiger charge is -2.07. The summed E-state index contributed by atoms with van der Waals surface area (Å²) in [6.07, 6.45) is 4.68. The van der Waals surface area contributed by atoms with Gasteiger partial charge in [0, 0.05) is 17.1 Å².